The molecule has 0 aliphatic carbocycles. The maximum atomic E-state index is 12.2. The zero-order valence-electron chi connectivity index (χ0n) is 16.0. The number of aryl methyl sites for hydroxylation is 1. The Balaban J connectivity index is 1.63. The summed E-state index contributed by atoms with van der Waals surface area (Å²) in [4.78, 5) is 34.8. The Kier molecular flexibility index (Phi) is 5.87. The van der Waals surface area contributed by atoms with Gasteiger partial charge in [-0.25, -0.2) is 4.79 Å². The SMILES string of the molecule is Cc1ccc(C(=O)OCC(=O)N[C@@H](C)c2cccc3ccccc23)cc1[N+](=O)[O-]. The predicted octanol–water partition coefficient (Wildman–Crippen LogP) is 4.09. The van der Waals surface area contributed by atoms with E-state index in [1.807, 2.05) is 49.4 Å². The summed E-state index contributed by atoms with van der Waals surface area (Å²) in [5.41, 5.74) is 1.25. The van der Waals surface area contributed by atoms with Crippen LogP contribution < -0.4 is 5.32 Å². The molecule has 0 saturated heterocycles. The number of fused-ring (bicyclic) bond motifs is 1. The summed E-state index contributed by atoms with van der Waals surface area (Å²) in [5.74, 6) is -1.25. The molecule has 148 valence electrons. The van der Waals surface area contributed by atoms with E-state index in [1.54, 1.807) is 6.92 Å². The van der Waals surface area contributed by atoms with Gasteiger partial charge in [-0.2, -0.15) is 0 Å². The summed E-state index contributed by atoms with van der Waals surface area (Å²) in [6.45, 7) is 2.95. The molecule has 0 spiro atoms. The predicted molar refractivity (Wildman–Crippen MR) is 109 cm³/mol. The van der Waals surface area contributed by atoms with Crippen molar-refractivity contribution in [2.45, 2.75) is 19.9 Å². The van der Waals surface area contributed by atoms with E-state index in [0.29, 0.717) is 5.56 Å². The molecule has 1 amide bonds. The Morgan fingerprint density at radius 1 is 1.10 bits per heavy atom. The second-order valence-corrected chi connectivity index (χ2v) is 6.69. The minimum atomic E-state index is -0.791. The first-order chi connectivity index (χ1) is 13.9. The van der Waals surface area contributed by atoms with E-state index >= 15 is 0 Å². The summed E-state index contributed by atoms with van der Waals surface area (Å²) in [6.07, 6.45) is 0. The standard InChI is InChI=1S/C22H20N2O5/c1-14-10-11-17(12-20(14)24(27)28)22(26)29-13-21(25)23-15(2)18-9-5-7-16-6-3-4-8-19(16)18/h3-12,15H,13H2,1-2H3,(H,23,25)/t15-/m0/s1. The van der Waals surface area contributed by atoms with Crippen LogP contribution in [0.15, 0.2) is 60.7 Å². The van der Waals surface area contributed by atoms with Crippen LogP contribution in [0.25, 0.3) is 10.8 Å². The molecule has 1 atom stereocenters. The number of carbonyl (C=O) groups is 2. The van der Waals surface area contributed by atoms with E-state index in [4.69, 9.17) is 4.74 Å². The van der Waals surface area contributed by atoms with Crippen LogP contribution in [-0.2, 0) is 9.53 Å². The zero-order valence-corrected chi connectivity index (χ0v) is 16.0. The molecule has 0 heterocycles. The van der Waals surface area contributed by atoms with Gasteiger partial charge in [-0.15, -0.1) is 0 Å². The molecule has 29 heavy (non-hydrogen) atoms. The molecule has 0 unspecified atom stereocenters. The van der Waals surface area contributed by atoms with E-state index < -0.39 is 23.4 Å². The second-order valence-electron chi connectivity index (χ2n) is 6.69. The van der Waals surface area contributed by atoms with Crippen molar-refractivity contribution in [3.05, 3.63) is 87.5 Å². The first-order valence-corrected chi connectivity index (χ1v) is 9.06. The molecule has 0 aliphatic rings. The number of carbonyl (C=O) groups excluding carboxylic acids is 2. The van der Waals surface area contributed by atoms with E-state index in [2.05, 4.69) is 5.32 Å². The fraction of sp³-hybridized carbons (Fsp3) is 0.182. The Labute approximate surface area is 167 Å². The van der Waals surface area contributed by atoms with Crippen LogP contribution in [0, 0.1) is 17.0 Å². The quantitative estimate of drug-likeness (QED) is 0.387. The van der Waals surface area contributed by atoms with Gasteiger partial charge in [0.05, 0.1) is 16.5 Å². The lowest BCUT2D eigenvalue weighted by Crippen LogP contribution is -2.31. The number of benzene rings is 3. The van der Waals surface area contributed by atoms with Gasteiger partial charge in [0, 0.05) is 11.6 Å². The van der Waals surface area contributed by atoms with Crippen LogP contribution in [0.1, 0.15) is 34.5 Å². The maximum Gasteiger partial charge on any atom is 0.338 e. The lowest BCUT2D eigenvalue weighted by atomic mass is 10.00. The normalized spacial score (nSPS) is 11.7. The Bertz CT molecular complexity index is 1090. The monoisotopic (exact) mass is 392 g/mol. The van der Waals surface area contributed by atoms with Crippen LogP contribution in [0.2, 0.25) is 0 Å². The van der Waals surface area contributed by atoms with Gasteiger partial charge >= 0.3 is 5.97 Å². The summed E-state index contributed by atoms with van der Waals surface area (Å²) in [5, 5.41) is 15.9. The topological polar surface area (TPSA) is 98.5 Å². The maximum absolute atomic E-state index is 12.2. The molecule has 0 fully saturated rings. The van der Waals surface area contributed by atoms with Crippen LogP contribution >= 0.6 is 0 Å². The molecule has 0 saturated carbocycles. The van der Waals surface area contributed by atoms with Gasteiger partial charge in [0.1, 0.15) is 0 Å². The van der Waals surface area contributed by atoms with Crippen LogP contribution in [0.3, 0.4) is 0 Å². The highest BCUT2D eigenvalue weighted by Gasteiger charge is 2.18. The van der Waals surface area contributed by atoms with Gasteiger partial charge in [0.25, 0.3) is 11.6 Å². The number of ether oxygens (including phenoxy) is 1. The molecule has 3 aromatic carbocycles. The second kappa shape index (κ2) is 8.52. The van der Waals surface area contributed by atoms with Crippen LogP contribution in [-0.4, -0.2) is 23.4 Å². The first-order valence-electron chi connectivity index (χ1n) is 9.06. The fourth-order valence-electron chi connectivity index (χ4n) is 3.14. The highest BCUT2D eigenvalue weighted by atomic mass is 16.6. The third kappa shape index (κ3) is 4.57. The summed E-state index contributed by atoms with van der Waals surface area (Å²) in [6, 6.07) is 17.5. The summed E-state index contributed by atoms with van der Waals surface area (Å²) < 4.78 is 5.02. The Hall–Kier alpha value is -3.74. The van der Waals surface area contributed by atoms with Gasteiger partial charge in [0.15, 0.2) is 6.61 Å². The molecule has 3 rings (SSSR count). The Morgan fingerprint density at radius 2 is 1.83 bits per heavy atom. The van der Waals surface area contributed by atoms with Crippen molar-refractivity contribution in [3.8, 4) is 0 Å². The Morgan fingerprint density at radius 3 is 2.59 bits per heavy atom. The largest absolute Gasteiger partial charge is 0.452 e. The number of nitro groups is 1. The average Bonchev–Trinajstić information content (AvgIpc) is 2.71. The number of nitrogens with zero attached hydrogens (tertiary/aromatic N) is 1. The molecule has 0 aliphatic heterocycles. The van der Waals surface area contributed by atoms with Gasteiger partial charge in [-0.1, -0.05) is 48.5 Å². The van der Waals surface area contributed by atoms with E-state index in [0.717, 1.165) is 22.4 Å². The third-order valence-electron chi connectivity index (χ3n) is 4.64. The minimum Gasteiger partial charge on any atom is -0.452 e. The van der Waals surface area contributed by atoms with Gasteiger partial charge in [0.2, 0.25) is 0 Å². The van der Waals surface area contributed by atoms with Crippen molar-refractivity contribution in [2.24, 2.45) is 0 Å². The molecule has 7 nitrogen and oxygen atoms in total. The number of rotatable bonds is 6. The van der Waals surface area contributed by atoms with E-state index in [1.165, 1.54) is 12.1 Å². The number of esters is 1. The molecule has 0 aromatic heterocycles. The minimum absolute atomic E-state index is 0.0252. The van der Waals surface area contributed by atoms with Crippen molar-refractivity contribution in [3.63, 3.8) is 0 Å². The molecule has 0 bridgehead atoms. The third-order valence-corrected chi connectivity index (χ3v) is 4.64. The first kappa shape index (κ1) is 20.0. The van der Waals surface area contributed by atoms with E-state index in [-0.39, 0.29) is 17.3 Å². The van der Waals surface area contributed by atoms with Crippen LogP contribution in [0.4, 0.5) is 5.69 Å². The lowest BCUT2D eigenvalue weighted by molar-refractivity contribution is -0.385. The van der Waals surface area contributed by atoms with Gasteiger partial charge in [-0.3, -0.25) is 14.9 Å². The molecule has 1 N–H and O–H groups in total. The molecule has 7 heteroatoms. The van der Waals surface area contributed by atoms with Gasteiger partial charge < -0.3 is 10.1 Å². The number of nitrogens with one attached hydrogen (secondary N) is 1. The summed E-state index contributed by atoms with van der Waals surface area (Å²) >= 11 is 0. The zero-order chi connectivity index (χ0) is 21.0. The van der Waals surface area contributed by atoms with Crippen molar-refractivity contribution in [1.29, 1.82) is 0 Å². The van der Waals surface area contributed by atoms with Crippen molar-refractivity contribution in [2.75, 3.05) is 6.61 Å². The molecular formula is C22H20N2O5. The van der Waals surface area contributed by atoms with Crippen LogP contribution in [0.5, 0.6) is 0 Å². The lowest BCUT2D eigenvalue weighted by Gasteiger charge is -2.16. The van der Waals surface area contributed by atoms with Gasteiger partial charge in [-0.05, 0) is 36.2 Å². The fourth-order valence-corrected chi connectivity index (χ4v) is 3.14. The number of amides is 1. The highest BCUT2D eigenvalue weighted by Crippen LogP contribution is 2.24. The van der Waals surface area contributed by atoms with Crippen molar-refractivity contribution in [1.82, 2.24) is 5.32 Å². The molecular weight excluding hydrogens is 372 g/mol. The highest BCUT2D eigenvalue weighted by molar-refractivity contribution is 5.92. The average molecular weight is 392 g/mol. The number of nitro benzene ring substituents is 1. The smallest absolute Gasteiger partial charge is 0.338 e. The van der Waals surface area contributed by atoms with E-state index in [9.17, 15) is 19.7 Å². The van der Waals surface area contributed by atoms with Crippen molar-refractivity contribution < 1.29 is 19.2 Å². The number of hydrogen-bond acceptors (Lipinski definition) is 5. The van der Waals surface area contributed by atoms with Crippen molar-refractivity contribution >= 4 is 28.3 Å². The molecule has 3 aromatic rings. The summed E-state index contributed by atoms with van der Waals surface area (Å²) in [7, 11) is 0. The molecule has 0 radical (unpaired) electrons. The number of hydrogen-bond donors (Lipinski definition) is 1.